The Morgan fingerprint density at radius 2 is 2.10 bits per heavy atom. The summed E-state index contributed by atoms with van der Waals surface area (Å²) < 4.78 is 13.1. The molecule has 2 rings (SSSR count). The lowest BCUT2D eigenvalue weighted by Crippen LogP contribution is -2.09. The number of hydrogen-bond donors (Lipinski definition) is 1. The molecule has 0 bridgehead atoms. The summed E-state index contributed by atoms with van der Waals surface area (Å²) in [6.07, 6.45) is 0. The number of aryl methyl sites for hydroxylation is 1. The van der Waals surface area contributed by atoms with Crippen LogP contribution in [0.2, 0.25) is 5.02 Å². The molecule has 5 heteroatoms. The first kappa shape index (κ1) is 14.3. The fraction of sp³-hybridized carbons (Fsp3) is 0.200. The first-order valence-corrected chi connectivity index (χ1v) is 6.48. The van der Waals surface area contributed by atoms with E-state index in [2.05, 4.69) is 10.3 Å². The van der Waals surface area contributed by atoms with Gasteiger partial charge in [0.2, 0.25) is 0 Å². The number of rotatable bonds is 3. The number of hydrogen-bond acceptors (Lipinski definition) is 3. The molecule has 0 amide bonds. The van der Waals surface area contributed by atoms with Crippen molar-refractivity contribution in [3.63, 3.8) is 0 Å². The van der Waals surface area contributed by atoms with Gasteiger partial charge < -0.3 is 5.32 Å². The van der Waals surface area contributed by atoms with Gasteiger partial charge in [-0.25, -0.2) is 9.37 Å². The molecule has 1 aromatic carbocycles. The van der Waals surface area contributed by atoms with Crippen molar-refractivity contribution in [2.75, 3.05) is 5.32 Å². The van der Waals surface area contributed by atoms with Gasteiger partial charge in [0.25, 0.3) is 0 Å². The van der Waals surface area contributed by atoms with Crippen LogP contribution in [0.4, 0.5) is 10.2 Å². The zero-order valence-corrected chi connectivity index (χ0v) is 11.9. The topological polar surface area (TPSA) is 48.7 Å². The largest absolute Gasteiger partial charge is 0.364 e. The second-order valence-corrected chi connectivity index (χ2v) is 4.92. The third kappa shape index (κ3) is 3.06. The lowest BCUT2D eigenvalue weighted by Gasteiger charge is -2.15. The highest BCUT2D eigenvalue weighted by molar-refractivity contribution is 6.30. The minimum absolute atomic E-state index is 0.0886. The number of benzene rings is 1. The molecular formula is C15H13ClFN3. The van der Waals surface area contributed by atoms with Gasteiger partial charge >= 0.3 is 0 Å². The van der Waals surface area contributed by atoms with Crippen LogP contribution in [0.1, 0.15) is 29.8 Å². The summed E-state index contributed by atoms with van der Waals surface area (Å²) in [5.41, 5.74) is 2.06. The lowest BCUT2D eigenvalue weighted by molar-refractivity contribution is 0.627. The molecule has 1 heterocycles. The molecule has 102 valence electrons. The number of halogens is 2. The predicted octanol–water partition coefficient (Wildman–Crippen LogP) is 4.23. The summed E-state index contributed by atoms with van der Waals surface area (Å²) in [4.78, 5) is 4.22. The van der Waals surface area contributed by atoms with Gasteiger partial charge in [-0.05, 0) is 43.2 Å². The zero-order valence-electron chi connectivity index (χ0n) is 11.1. The quantitative estimate of drug-likeness (QED) is 0.920. The Morgan fingerprint density at radius 3 is 2.75 bits per heavy atom. The van der Waals surface area contributed by atoms with Crippen LogP contribution < -0.4 is 5.32 Å². The minimum Gasteiger partial charge on any atom is -0.364 e. The third-order valence-corrected chi connectivity index (χ3v) is 3.30. The highest BCUT2D eigenvalue weighted by atomic mass is 35.5. The Labute approximate surface area is 122 Å². The third-order valence-electron chi connectivity index (χ3n) is 3.01. The van der Waals surface area contributed by atoms with Crippen molar-refractivity contribution in [1.82, 2.24) is 4.98 Å². The van der Waals surface area contributed by atoms with Crippen molar-refractivity contribution in [2.45, 2.75) is 19.9 Å². The fourth-order valence-electron chi connectivity index (χ4n) is 1.81. The second kappa shape index (κ2) is 5.89. The van der Waals surface area contributed by atoms with E-state index in [0.717, 1.165) is 11.1 Å². The van der Waals surface area contributed by atoms with E-state index in [1.807, 2.05) is 26.0 Å². The van der Waals surface area contributed by atoms with E-state index in [9.17, 15) is 4.39 Å². The average molecular weight is 290 g/mol. The summed E-state index contributed by atoms with van der Waals surface area (Å²) in [6, 6.07) is 10.2. The molecule has 0 fully saturated rings. The summed E-state index contributed by atoms with van der Waals surface area (Å²) in [7, 11) is 0. The predicted molar refractivity (Wildman–Crippen MR) is 77.1 cm³/mol. The van der Waals surface area contributed by atoms with Crippen molar-refractivity contribution >= 4 is 17.4 Å². The summed E-state index contributed by atoms with van der Waals surface area (Å²) in [5.74, 6) is 0.156. The first-order valence-electron chi connectivity index (χ1n) is 6.10. The van der Waals surface area contributed by atoms with Crippen LogP contribution in [0.15, 0.2) is 30.3 Å². The Hall–Kier alpha value is -2.12. The molecule has 0 spiro atoms. The Morgan fingerprint density at radius 1 is 1.35 bits per heavy atom. The van der Waals surface area contributed by atoms with E-state index in [-0.39, 0.29) is 11.1 Å². The molecule has 20 heavy (non-hydrogen) atoms. The molecule has 0 aliphatic carbocycles. The van der Waals surface area contributed by atoms with Gasteiger partial charge in [-0.1, -0.05) is 23.7 Å². The van der Waals surface area contributed by atoms with Gasteiger partial charge in [-0.15, -0.1) is 0 Å². The van der Waals surface area contributed by atoms with Gasteiger partial charge in [0, 0.05) is 6.04 Å². The number of nitriles is 1. The second-order valence-electron chi connectivity index (χ2n) is 4.51. The van der Waals surface area contributed by atoms with Gasteiger partial charge in [0.15, 0.2) is 0 Å². The molecule has 2 aromatic rings. The number of nitrogens with zero attached hydrogens (tertiary/aromatic N) is 2. The van der Waals surface area contributed by atoms with Crippen molar-refractivity contribution in [1.29, 1.82) is 5.26 Å². The van der Waals surface area contributed by atoms with Gasteiger partial charge in [0.1, 0.15) is 23.4 Å². The SMILES string of the molecule is Cc1ccc(NC(C)c2ccc(F)c(Cl)c2)nc1C#N. The Kier molecular flexibility index (Phi) is 4.21. The van der Waals surface area contributed by atoms with E-state index in [0.29, 0.717) is 11.5 Å². The van der Waals surface area contributed by atoms with E-state index in [1.165, 1.54) is 6.07 Å². The maximum absolute atomic E-state index is 13.1. The van der Waals surface area contributed by atoms with Crippen molar-refractivity contribution in [2.24, 2.45) is 0 Å². The molecule has 1 aromatic heterocycles. The maximum atomic E-state index is 13.1. The molecule has 1 unspecified atom stereocenters. The number of aromatic nitrogens is 1. The maximum Gasteiger partial charge on any atom is 0.145 e. The molecule has 3 nitrogen and oxygen atoms in total. The highest BCUT2D eigenvalue weighted by Crippen LogP contribution is 2.23. The Bertz CT molecular complexity index is 679. The summed E-state index contributed by atoms with van der Waals surface area (Å²) in [6.45, 7) is 3.75. The van der Waals surface area contributed by atoms with Crippen LogP contribution in [0, 0.1) is 24.1 Å². The molecule has 0 aliphatic rings. The number of pyridine rings is 1. The Balaban J connectivity index is 2.21. The fourth-order valence-corrected chi connectivity index (χ4v) is 2.00. The average Bonchev–Trinajstić information content (AvgIpc) is 2.43. The van der Waals surface area contributed by atoms with E-state index in [1.54, 1.807) is 18.2 Å². The van der Waals surface area contributed by atoms with E-state index in [4.69, 9.17) is 16.9 Å². The number of nitrogens with one attached hydrogen (secondary N) is 1. The summed E-state index contributed by atoms with van der Waals surface area (Å²) >= 11 is 5.77. The van der Waals surface area contributed by atoms with Crippen LogP contribution >= 0.6 is 11.6 Å². The molecule has 0 saturated heterocycles. The molecular weight excluding hydrogens is 277 g/mol. The zero-order chi connectivity index (χ0) is 14.7. The van der Waals surface area contributed by atoms with Crippen LogP contribution in [0.5, 0.6) is 0 Å². The minimum atomic E-state index is -0.442. The molecule has 0 radical (unpaired) electrons. The first-order chi connectivity index (χ1) is 9.51. The van der Waals surface area contributed by atoms with Crippen LogP contribution in [-0.2, 0) is 0 Å². The molecule has 1 N–H and O–H groups in total. The van der Waals surface area contributed by atoms with Crippen molar-refractivity contribution in [3.05, 3.63) is 58.0 Å². The van der Waals surface area contributed by atoms with Crippen LogP contribution in [0.25, 0.3) is 0 Å². The molecule has 0 aliphatic heterocycles. The van der Waals surface area contributed by atoms with Gasteiger partial charge in [0.05, 0.1) is 5.02 Å². The number of anilines is 1. The van der Waals surface area contributed by atoms with Crippen LogP contribution in [-0.4, -0.2) is 4.98 Å². The lowest BCUT2D eigenvalue weighted by atomic mass is 10.1. The van der Waals surface area contributed by atoms with E-state index < -0.39 is 5.82 Å². The smallest absolute Gasteiger partial charge is 0.145 e. The van der Waals surface area contributed by atoms with E-state index >= 15 is 0 Å². The van der Waals surface area contributed by atoms with Crippen molar-refractivity contribution < 1.29 is 4.39 Å². The normalized spacial score (nSPS) is 11.8. The molecule has 1 atom stereocenters. The highest BCUT2D eigenvalue weighted by Gasteiger charge is 2.10. The van der Waals surface area contributed by atoms with Gasteiger partial charge in [-0.2, -0.15) is 5.26 Å². The standard InChI is InChI=1S/C15H13ClFN3/c1-9-3-6-15(20-14(9)8-18)19-10(2)11-4-5-13(17)12(16)7-11/h3-7,10H,1-2H3,(H,19,20). The van der Waals surface area contributed by atoms with Crippen molar-refractivity contribution in [3.8, 4) is 6.07 Å². The van der Waals surface area contributed by atoms with Gasteiger partial charge in [-0.3, -0.25) is 0 Å². The summed E-state index contributed by atoms with van der Waals surface area (Å²) in [5, 5.41) is 12.2. The van der Waals surface area contributed by atoms with Crippen LogP contribution in [0.3, 0.4) is 0 Å². The molecule has 0 saturated carbocycles. The monoisotopic (exact) mass is 289 g/mol.